The third-order valence-corrected chi connectivity index (χ3v) is 5.43. The molecule has 0 bridgehead atoms. The van der Waals surface area contributed by atoms with E-state index in [0.29, 0.717) is 22.3 Å². The Labute approximate surface area is 186 Å². The van der Waals surface area contributed by atoms with Crippen LogP contribution in [0.4, 0.5) is 5.13 Å². The Morgan fingerprint density at radius 3 is 2.41 bits per heavy atom. The number of thiazole rings is 1. The van der Waals surface area contributed by atoms with Crippen LogP contribution in [0.15, 0.2) is 42.5 Å². The predicted octanol–water partition coefficient (Wildman–Crippen LogP) is 5.37. The number of amides is 1. The van der Waals surface area contributed by atoms with Crippen molar-refractivity contribution in [1.29, 1.82) is 0 Å². The highest BCUT2D eigenvalue weighted by Gasteiger charge is 2.22. The molecule has 2 aromatic carbocycles. The monoisotopic (exact) mass is 453 g/mol. The minimum atomic E-state index is -0.0897. The highest BCUT2D eigenvalue weighted by atomic mass is 35.5. The lowest BCUT2D eigenvalue weighted by Crippen LogP contribution is -2.36. The van der Waals surface area contributed by atoms with E-state index in [1.807, 2.05) is 63.2 Å². The number of para-hydroxylation sites is 1. The fraction of sp³-hybridized carbons (Fsp3) is 0.333. The van der Waals surface area contributed by atoms with Gasteiger partial charge in [-0.15, -0.1) is 12.4 Å². The van der Waals surface area contributed by atoms with Gasteiger partial charge in [-0.1, -0.05) is 29.0 Å². The van der Waals surface area contributed by atoms with Crippen molar-refractivity contribution in [3.8, 4) is 5.75 Å². The molecule has 0 saturated heterocycles. The number of hydrogen-bond acceptors (Lipinski definition) is 5. The van der Waals surface area contributed by atoms with E-state index >= 15 is 0 Å². The lowest BCUT2D eigenvalue weighted by atomic mass is 10.2. The van der Waals surface area contributed by atoms with Gasteiger partial charge in [0.2, 0.25) is 0 Å². The largest absolute Gasteiger partial charge is 0.491 e. The Morgan fingerprint density at radius 1 is 1.14 bits per heavy atom. The number of halogens is 2. The summed E-state index contributed by atoms with van der Waals surface area (Å²) in [6.07, 6.45) is 0.0886. The molecular formula is C21H25Cl2N3O2S. The smallest absolute Gasteiger partial charge is 0.260 e. The van der Waals surface area contributed by atoms with Gasteiger partial charge in [-0.3, -0.25) is 9.69 Å². The third-order valence-electron chi connectivity index (χ3n) is 4.08. The Balaban J connectivity index is 0.00000300. The number of aromatic nitrogens is 1. The first-order valence-electron chi connectivity index (χ1n) is 9.13. The van der Waals surface area contributed by atoms with Gasteiger partial charge in [-0.2, -0.15) is 0 Å². The molecule has 3 rings (SSSR count). The van der Waals surface area contributed by atoms with Crippen molar-refractivity contribution in [3.63, 3.8) is 0 Å². The summed E-state index contributed by atoms with van der Waals surface area (Å²) in [5, 5.41) is 1.24. The summed E-state index contributed by atoms with van der Waals surface area (Å²) in [4.78, 5) is 21.7. The zero-order chi connectivity index (χ0) is 20.3. The van der Waals surface area contributed by atoms with Crippen LogP contribution in [-0.4, -0.2) is 49.1 Å². The zero-order valence-corrected chi connectivity index (χ0v) is 19.3. The van der Waals surface area contributed by atoms with Crippen LogP contribution in [0.2, 0.25) is 5.02 Å². The van der Waals surface area contributed by atoms with Gasteiger partial charge in [0.15, 0.2) is 5.13 Å². The molecule has 0 N–H and O–H groups in total. The fourth-order valence-corrected chi connectivity index (χ4v) is 4.00. The van der Waals surface area contributed by atoms with Gasteiger partial charge in [0.05, 0.1) is 15.8 Å². The number of benzene rings is 2. The SMILES string of the molecule is CC(C)Oc1ccc(C(=O)N(CCN(C)C)c2nc3c(Cl)cccc3s2)cc1.Cl. The first kappa shape index (κ1) is 23.4. The second kappa shape index (κ2) is 10.3. The molecule has 1 amide bonds. The molecule has 1 aromatic heterocycles. The summed E-state index contributed by atoms with van der Waals surface area (Å²) in [5.74, 6) is 0.659. The van der Waals surface area contributed by atoms with E-state index < -0.39 is 0 Å². The lowest BCUT2D eigenvalue weighted by Gasteiger charge is -2.22. The van der Waals surface area contributed by atoms with Crippen LogP contribution < -0.4 is 9.64 Å². The quantitative estimate of drug-likeness (QED) is 0.482. The molecule has 0 atom stereocenters. The Hall–Kier alpha value is -1.86. The van der Waals surface area contributed by atoms with E-state index in [1.54, 1.807) is 17.0 Å². The van der Waals surface area contributed by atoms with Gasteiger partial charge in [0.1, 0.15) is 11.3 Å². The number of nitrogens with zero attached hydrogens (tertiary/aromatic N) is 3. The van der Waals surface area contributed by atoms with Crippen LogP contribution in [0.3, 0.4) is 0 Å². The number of carbonyl (C=O) groups is 1. The molecule has 0 fully saturated rings. The maximum Gasteiger partial charge on any atom is 0.260 e. The molecule has 0 aliphatic heterocycles. The van der Waals surface area contributed by atoms with Crippen molar-refractivity contribution in [3.05, 3.63) is 53.1 Å². The minimum absolute atomic E-state index is 0. The van der Waals surface area contributed by atoms with Gasteiger partial charge >= 0.3 is 0 Å². The van der Waals surface area contributed by atoms with E-state index in [-0.39, 0.29) is 24.4 Å². The second-order valence-corrected chi connectivity index (χ2v) is 8.45. The molecule has 1 heterocycles. The molecule has 156 valence electrons. The molecule has 8 heteroatoms. The number of fused-ring (bicyclic) bond motifs is 1. The number of carbonyl (C=O) groups excluding carboxylic acids is 1. The van der Waals surface area contributed by atoms with Crippen molar-refractivity contribution in [1.82, 2.24) is 9.88 Å². The second-order valence-electron chi connectivity index (χ2n) is 7.03. The van der Waals surface area contributed by atoms with Crippen molar-refractivity contribution in [2.75, 3.05) is 32.1 Å². The first-order chi connectivity index (χ1) is 13.3. The molecule has 0 aliphatic carbocycles. The normalized spacial score (nSPS) is 11.0. The van der Waals surface area contributed by atoms with Gasteiger partial charge < -0.3 is 9.64 Å². The van der Waals surface area contributed by atoms with Crippen molar-refractivity contribution < 1.29 is 9.53 Å². The molecule has 0 saturated carbocycles. The fourth-order valence-electron chi connectivity index (χ4n) is 2.71. The molecule has 3 aromatic rings. The predicted molar refractivity (Wildman–Crippen MR) is 124 cm³/mol. The highest BCUT2D eigenvalue weighted by Crippen LogP contribution is 2.33. The standard InChI is InChI=1S/C21H24ClN3O2S.ClH/c1-14(2)27-16-10-8-15(9-11-16)20(26)25(13-12-24(3)4)21-23-19-17(22)6-5-7-18(19)28-21;/h5-11,14H,12-13H2,1-4H3;1H. The Bertz CT molecular complexity index is 958. The topological polar surface area (TPSA) is 45.7 Å². The van der Waals surface area contributed by atoms with E-state index in [0.717, 1.165) is 22.5 Å². The van der Waals surface area contributed by atoms with Crippen LogP contribution in [0.25, 0.3) is 10.2 Å². The van der Waals surface area contributed by atoms with Crippen LogP contribution >= 0.6 is 35.3 Å². The van der Waals surface area contributed by atoms with Crippen molar-refractivity contribution >= 4 is 56.6 Å². The Kier molecular flexibility index (Phi) is 8.28. The van der Waals surface area contributed by atoms with Crippen LogP contribution in [-0.2, 0) is 0 Å². The molecule has 5 nitrogen and oxygen atoms in total. The van der Waals surface area contributed by atoms with E-state index in [1.165, 1.54) is 11.3 Å². The Morgan fingerprint density at radius 2 is 1.83 bits per heavy atom. The molecular weight excluding hydrogens is 429 g/mol. The van der Waals surface area contributed by atoms with Crippen molar-refractivity contribution in [2.45, 2.75) is 20.0 Å². The highest BCUT2D eigenvalue weighted by molar-refractivity contribution is 7.22. The van der Waals surface area contributed by atoms with Gasteiger partial charge in [0.25, 0.3) is 5.91 Å². The van der Waals surface area contributed by atoms with E-state index in [4.69, 9.17) is 16.3 Å². The van der Waals surface area contributed by atoms with E-state index in [2.05, 4.69) is 4.98 Å². The van der Waals surface area contributed by atoms with Gasteiger partial charge in [0, 0.05) is 18.7 Å². The molecule has 0 spiro atoms. The molecule has 0 radical (unpaired) electrons. The van der Waals surface area contributed by atoms with Gasteiger partial charge in [-0.25, -0.2) is 4.98 Å². The summed E-state index contributed by atoms with van der Waals surface area (Å²) in [6, 6.07) is 12.9. The summed E-state index contributed by atoms with van der Waals surface area (Å²) < 4.78 is 6.63. The molecule has 0 unspecified atom stereocenters. The van der Waals surface area contributed by atoms with Crippen LogP contribution in [0.1, 0.15) is 24.2 Å². The number of hydrogen-bond donors (Lipinski definition) is 0. The number of likely N-dealkylation sites (N-methyl/N-ethyl adjacent to an activating group) is 1. The maximum atomic E-state index is 13.3. The maximum absolute atomic E-state index is 13.3. The van der Waals surface area contributed by atoms with Crippen LogP contribution in [0, 0.1) is 0 Å². The zero-order valence-electron chi connectivity index (χ0n) is 16.9. The minimum Gasteiger partial charge on any atom is -0.491 e. The molecule has 29 heavy (non-hydrogen) atoms. The summed E-state index contributed by atoms with van der Waals surface area (Å²) >= 11 is 7.75. The summed E-state index contributed by atoms with van der Waals surface area (Å²) in [6.45, 7) is 5.21. The van der Waals surface area contributed by atoms with E-state index in [9.17, 15) is 4.79 Å². The lowest BCUT2D eigenvalue weighted by molar-refractivity contribution is 0.0985. The summed E-state index contributed by atoms with van der Waals surface area (Å²) in [7, 11) is 3.96. The third kappa shape index (κ3) is 5.82. The summed E-state index contributed by atoms with van der Waals surface area (Å²) in [5.41, 5.74) is 1.33. The van der Waals surface area contributed by atoms with Gasteiger partial charge in [-0.05, 0) is 64.3 Å². The van der Waals surface area contributed by atoms with Crippen LogP contribution in [0.5, 0.6) is 5.75 Å². The first-order valence-corrected chi connectivity index (χ1v) is 10.3. The number of ether oxygens (including phenoxy) is 1. The molecule has 0 aliphatic rings. The number of anilines is 1. The number of rotatable bonds is 7. The average Bonchev–Trinajstić information content (AvgIpc) is 3.07. The van der Waals surface area contributed by atoms with Crippen molar-refractivity contribution in [2.24, 2.45) is 0 Å². The average molecular weight is 454 g/mol.